The summed E-state index contributed by atoms with van der Waals surface area (Å²) in [5, 5.41) is 9.07. The number of aryl methyl sites for hydroxylation is 1. The van der Waals surface area contributed by atoms with Crippen molar-refractivity contribution in [3.63, 3.8) is 0 Å². The minimum absolute atomic E-state index is 0.103. The van der Waals surface area contributed by atoms with Gasteiger partial charge < -0.3 is 5.11 Å². The summed E-state index contributed by atoms with van der Waals surface area (Å²) in [5.74, 6) is -0.118. The molecule has 2 N–H and O–H groups in total. The fraction of sp³-hybridized carbons (Fsp3) is 0.267. The highest BCUT2D eigenvalue weighted by atomic mass is 32.2. The van der Waals surface area contributed by atoms with E-state index in [-0.39, 0.29) is 18.9 Å². The zero-order valence-electron chi connectivity index (χ0n) is 11.8. The van der Waals surface area contributed by atoms with Gasteiger partial charge in [0.25, 0.3) is 0 Å². The average molecular weight is 306 g/mol. The van der Waals surface area contributed by atoms with Crippen LogP contribution in [0, 0.1) is 6.92 Å². The first-order chi connectivity index (χ1) is 9.98. The molecule has 2 rings (SSSR count). The maximum atomic E-state index is 12.1. The zero-order chi connectivity index (χ0) is 15.3. The van der Waals surface area contributed by atoms with E-state index >= 15 is 0 Å². The summed E-state index contributed by atoms with van der Waals surface area (Å²) in [4.78, 5) is 4.25. The number of aliphatic hydroxyl groups is 1. The van der Waals surface area contributed by atoms with Crippen LogP contribution in [0.2, 0.25) is 0 Å². The molecule has 1 heterocycles. The second-order valence-electron chi connectivity index (χ2n) is 4.83. The molecule has 1 aromatic carbocycles. The molecule has 0 saturated carbocycles. The Kier molecular flexibility index (Phi) is 5.06. The quantitative estimate of drug-likeness (QED) is 0.847. The van der Waals surface area contributed by atoms with Crippen LogP contribution in [0.4, 0.5) is 0 Å². The normalized spacial score (nSPS) is 11.5. The van der Waals surface area contributed by atoms with Crippen LogP contribution in [-0.2, 0) is 28.9 Å². The average Bonchev–Trinajstić information content (AvgIpc) is 2.45. The standard InChI is InChI=1S/C15H18N2O3S/c1-12-4-2-7-15(17-12)9-16-21(19,20)11-14-6-3-5-13(8-14)10-18/h2-8,16,18H,9-11H2,1H3. The summed E-state index contributed by atoms with van der Waals surface area (Å²) >= 11 is 0. The van der Waals surface area contributed by atoms with Crippen molar-refractivity contribution >= 4 is 10.0 Å². The number of hydrogen-bond donors (Lipinski definition) is 2. The Morgan fingerprint density at radius 2 is 1.86 bits per heavy atom. The Morgan fingerprint density at radius 3 is 2.57 bits per heavy atom. The summed E-state index contributed by atoms with van der Waals surface area (Å²) in [6, 6.07) is 12.4. The number of rotatable bonds is 6. The zero-order valence-corrected chi connectivity index (χ0v) is 12.6. The lowest BCUT2D eigenvalue weighted by Gasteiger charge is -2.08. The predicted molar refractivity (Wildman–Crippen MR) is 80.8 cm³/mol. The Hall–Kier alpha value is -1.76. The highest BCUT2D eigenvalue weighted by Crippen LogP contribution is 2.09. The topological polar surface area (TPSA) is 79.3 Å². The van der Waals surface area contributed by atoms with E-state index in [2.05, 4.69) is 9.71 Å². The van der Waals surface area contributed by atoms with Crippen LogP contribution >= 0.6 is 0 Å². The number of hydrogen-bond acceptors (Lipinski definition) is 4. The van der Waals surface area contributed by atoms with Gasteiger partial charge in [-0.2, -0.15) is 0 Å². The first kappa shape index (κ1) is 15.6. The number of benzene rings is 1. The minimum Gasteiger partial charge on any atom is -0.392 e. The molecular weight excluding hydrogens is 288 g/mol. The Bertz CT molecular complexity index is 714. The molecule has 0 spiro atoms. The molecule has 1 aromatic heterocycles. The van der Waals surface area contributed by atoms with E-state index in [9.17, 15) is 8.42 Å². The summed E-state index contributed by atoms with van der Waals surface area (Å²) in [5.41, 5.74) is 2.87. The van der Waals surface area contributed by atoms with Crippen LogP contribution in [0.15, 0.2) is 42.5 Å². The number of nitrogens with zero attached hydrogens (tertiary/aromatic N) is 1. The van der Waals surface area contributed by atoms with Crippen LogP contribution < -0.4 is 4.72 Å². The van der Waals surface area contributed by atoms with Gasteiger partial charge in [-0.25, -0.2) is 13.1 Å². The Morgan fingerprint density at radius 1 is 1.14 bits per heavy atom. The Balaban J connectivity index is 2.01. The third kappa shape index (κ3) is 4.93. The third-order valence-electron chi connectivity index (χ3n) is 2.95. The summed E-state index contributed by atoms with van der Waals surface area (Å²) in [7, 11) is -3.44. The van der Waals surface area contributed by atoms with Gasteiger partial charge in [0.05, 0.1) is 24.6 Å². The van der Waals surface area contributed by atoms with Crippen LogP contribution in [0.3, 0.4) is 0 Å². The van der Waals surface area contributed by atoms with Crippen molar-refractivity contribution < 1.29 is 13.5 Å². The van der Waals surface area contributed by atoms with Gasteiger partial charge >= 0.3 is 0 Å². The fourth-order valence-corrected chi connectivity index (χ4v) is 3.06. The number of pyridine rings is 1. The highest BCUT2D eigenvalue weighted by Gasteiger charge is 2.12. The van der Waals surface area contributed by atoms with E-state index in [4.69, 9.17) is 5.11 Å². The monoisotopic (exact) mass is 306 g/mol. The molecule has 0 fully saturated rings. The van der Waals surface area contributed by atoms with Crippen LogP contribution in [0.5, 0.6) is 0 Å². The number of nitrogens with one attached hydrogen (secondary N) is 1. The summed E-state index contributed by atoms with van der Waals surface area (Å²) in [6.45, 7) is 1.93. The first-order valence-electron chi connectivity index (χ1n) is 6.57. The van der Waals surface area contributed by atoms with Gasteiger partial charge in [-0.3, -0.25) is 4.98 Å². The predicted octanol–water partition coefficient (Wildman–Crippen LogP) is 1.50. The molecule has 0 atom stereocenters. The van der Waals surface area contributed by atoms with Gasteiger partial charge in [0, 0.05) is 5.69 Å². The second kappa shape index (κ2) is 6.80. The molecule has 0 saturated heterocycles. The van der Waals surface area contributed by atoms with Crippen molar-refractivity contribution in [2.75, 3.05) is 0 Å². The maximum absolute atomic E-state index is 12.1. The van der Waals surface area contributed by atoms with Crippen molar-refractivity contribution in [3.8, 4) is 0 Å². The number of aromatic nitrogens is 1. The van der Waals surface area contributed by atoms with Gasteiger partial charge in [0.15, 0.2) is 0 Å². The summed E-state index contributed by atoms with van der Waals surface area (Å²) in [6.07, 6.45) is 0. The van der Waals surface area contributed by atoms with Gasteiger partial charge in [-0.15, -0.1) is 0 Å². The molecule has 0 aliphatic carbocycles. The lowest BCUT2D eigenvalue weighted by atomic mass is 10.1. The fourth-order valence-electron chi connectivity index (χ4n) is 1.97. The van der Waals surface area contributed by atoms with Gasteiger partial charge in [0.1, 0.15) is 0 Å². The van der Waals surface area contributed by atoms with Crippen molar-refractivity contribution in [3.05, 3.63) is 65.0 Å². The van der Waals surface area contributed by atoms with Crippen molar-refractivity contribution in [2.24, 2.45) is 0 Å². The lowest BCUT2D eigenvalue weighted by molar-refractivity contribution is 0.282. The van der Waals surface area contributed by atoms with E-state index < -0.39 is 10.0 Å². The molecule has 2 aromatic rings. The molecule has 0 aliphatic heterocycles. The molecule has 0 bridgehead atoms. The number of aliphatic hydroxyl groups excluding tert-OH is 1. The summed E-state index contributed by atoms with van der Waals surface area (Å²) < 4.78 is 26.6. The van der Waals surface area contributed by atoms with E-state index in [0.29, 0.717) is 16.8 Å². The van der Waals surface area contributed by atoms with Gasteiger partial charge in [-0.1, -0.05) is 30.3 Å². The van der Waals surface area contributed by atoms with Gasteiger partial charge in [0.2, 0.25) is 10.0 Å². The third-order valence-corrected chi connectivity index (χ3v) is 4.25. The SMILES string of the molecule is Cc1cccc(CNS(=O)(=O)Cc2cccc(CO)c2)n1. The highest BCUT2D eigenvalue weighted by molar-refractivity contribution is 7.88. The van der Waals surface area contributed by atoms with Crippen molar-refractivity contribution in [1.29, 1.82) is 0 Å². The molecule has 0 unspecified atom stereocenters. The molecular formula is C15H18N2O3S. The first-order valence-corrected chi connectivity index (χ1v) is 8.22. The minimum atomic E-state index is -3.44. The van der Waals surface area contributed by atoms with Crippen LogP contribution in [-0.4, -0.2) is 18.5 Å². The van der Waals surface area contributed by atoms with Crippen LogP contribution in [0.1, 0.15) is 22.5 Å². The Labute approximate surface area is 124 Å². The largest absolute Gasteiger partial charge is 0.392 e. The molecule has 21 heavy (non-hydrogen) atoms. The van der Waals surface area contributed by atoms with Crippen molar-refractivity contribution in [1.82, 2.24) is 9.71 Å². The van der Waals surface area contributed by atoms with E-state index in [1.54, 1.807) is 30.3 Å². The van der Waals surface area contributed by atoms with E-state index in [0.717, 1.165) is 5.69 Å². The lowest BCUT2D eigenvalue weighted by Crippen LogP contribution is -2.25. The van der Waals surface area contributed by atoms with Crippen molar-refractivity contribution in [2.45, 2.75) is 25.8 Å². The second-order valence-corrected chi connectivity index (χ2v) is 6.64. The number of sulfonamides is 1. The maximum Gasteiger partial charge on any atom is 0.216 e. The molecule has 0 amide bonds. The smallest absolute Gasteiger partial charge is 0.216 e. The molecule has 112 valence electrons. The van der Waals surface area contributed by atoms with E-state index in [1.165, 1.54) is 0 Å². The molecule has 0 aliphatic rings. The van der Waals surface area contributed by atoms with E-state index in [1.807, 2.05) is 19.1 Å². The molecule has 6 heteroatoms. The van der Waals surface area contributed by atoms with Gasteiger partial charge in [-0.05, 0) is 30.2 Å². The molecule has 5 nitrogen and oxygen atoms in total. The van der Waals surface area contributed by atoms with Crippen LogP contribution in [0.25, 0.3) is 0 Å². The molecule has 0 radical (unpaired) electrons.